The number of ether oxygens (including phenoxy) is 2. The molecule has 0 aromatic heterocycles. The Balaban J connectivity index is 0.945. The summed E-state index contributed by atoms with van der Waals surface area (Å²) in [5, 5.41) is 0.0524. The highest BCUT2D eigenvalue weighted by Gasteiger charge is 2.78. The number of benzene rings is 2. The molecular weight excluding hydrogens is 801 g/mol. The van der Waals surface area contributed by atoms with Gasteiger partial charge in [0.1, 0.15) is 0 Å². The minimum Gasteiger partial charge on any atom is -0.403 e. The van der Waals surface area contributed by atoms with Crippen molar-refractivity contribution in [1.82, 2.24) is 0 Å². The van der Waals surface area contributed by atoms with Gasteiger partial charge in [-0.05, 0) is 142 Å². The van der Waals surface area contributed by atoms with Gasteiger partial charge in [0.2, 0.25) is 0 Å². The Morgan fingerprint density at radius 3 is 1.20 bits per heavy atom. The second kappa shape index (κ2) is 13.1. The molecule has 0 amide bonds. The molecule has 10 fully saturated rings. The van der Waals surface area contributed by atoms with Gasteiger partial charge in [-0.25, -0.2) is 18.9 Å². The van der Waals surface area contributed by atoms with E-state index >= 15 is 0 Å². The van der Waals surface area contributed by atoms with Crippen LogP contribution in [0.4, 0.5) is 0 Å². The van der Waals surface area contributed by atoms with Crippen molar-refractivity contribution in [3.8, 4) is 11.5 Å². The average Bonchev–Trinajstić information content (AvgIpc) is 3.07. The second-order valence-electron chi connectivity index (χ2n) is 17.3. The molecule has 8 bridgehead atoms. The maximum Gasteiger partial charge on any atom is 0.524 e. The van der Waals surface area contributed by atoms with Crippen molar-refractivity contribution in [3.05, 3.63) is 57.6 Å². The number of hydrogen-bond donors (Lipinski definition) is 4. The molecule has 2 heterocycles. The van der Waals surface area contributed by atoms with Gasteiger partial charge in [0.15, 0.2) is 22.7 Å². The van der Waals surface area contributed by atoms with Gasteiger partial charge < -0.3 is 18.5 Å². The van der Waals surface area contributed by atoms with Crippen molar-refractivity contribution in [1.29, 1.82) is 0 Å². The Bertz CT molecular complexity index is 1780. The summed E-state index contributed by atoms with van der Waals surface area (Å²) in [6.45, 7) is 0.283. The molecule has 0 radical (unpaired) electrons. The van der Waals surface area contributed by atoms with Crippen LogP contribution in [-0.4, -0.2) is 44.0 Å². The van der Waals surface area contributed by atoms with Crippen molar-refractivity contribution in [3.63, 3.8) is 0 Å². The fraction of sp³-hybridized carbons (Fsp3) is 0.676. The molecule has 18 heteroatoms. The third-order valence-corrected chi connectivity index (χ3v) is 15.8. The predicted molar refractivity (Wildman–Crippen MR) is 192 cm³/mol. The highest BCUT2D eigenvalue weighted by molar-refractivity contribution is 7.47. The van der Waals surface area contributed by atoms with Crippen molar-refractivity contribution in [2.24, 2.45) is 47.3 Å². The molecule has 12 rings (SSSR count). The predicted octanol–water partition coefficient (Wildman–Crippen LogP) is 7.68. The first-order valence-corrected chi connectivity index (χ1v) is 23.1. The smallest absolute Gasteiger partial charge is 0.403 e. The summed E-state index contributed by atoms with van der Waals surface area (Å²) in [6.07, 6.45) is 10.6. The van der Waals surface area contributed by atoms with Crippen LogP contribution < -0.4 is 9.05 Å². The summed E-state index contributed by atoms with van der Waals surface area (Å²) >= 11 is 12.7. The summed E-state index contributed by atoms with van der Waals surface area (Å²) in [5.74, 6) is -0.119. The third kappa shape index (κ3) is 5.80. The lowest BCUT2D eigenvalue weighted by Gasteiger charge is -2.69. The van der Waals surface area contributed by atoms with Crippen molar-refractivity contribution < 1.29 is 66.8 Å². The molecule has 300 valence electrons. The van der Waals surface area contributed by atoms with Crippen LogP contribution in [0.2, 0.25) is 10.0 Å². The summed E-state index contributed by atoms with van der Waals surface area (Å²) in [6, 6.07) is 9.42. The molecule has 8 saturated carbocycles. The van der Waals surface area contributed by atoms with Crippen LogP contribution in [0, 0.1) is 47.3 Å². The molecule has 2 saturated heterocycles. The van der Waals surface area contributed by atoms with E-state index in [2.05, 4.69) is 0 Å². The second-order valence-corrected chi connectivity index (χ2v) is 20.4. The monoisotopic (exact) mass is 844 g/mol. The maximum atomic E-state index is 11.9. The molecule has 14 nitrogen and oxygen atoms in total. The average molecular weight is 846 g/mol. The Kier molecular flexibility index (Phi) is 9.02. The van der Waals surface area contributed by atoms with Gasteiger partial charge in [0, 0.05) is 11.1 Å². The van der Waals surface area contributed by atoms with E-state index in [-0.39, 0.29) is 58.4 Å². The van der Waals surface area contributed by atoms with E-state index in [0.29, 0.717) is 41.2 Å². The minimum absolute atomic E-state index is 0.0262. The van der Waals surface area contributed by atoms with Gasteiger partial charge in [-0.3, -0.25) is 19.6 Å². The zero-order valence-electron chi connectivity index (χ0n) is 29.8. The van der Waals surface area contributed by atoms with Gasteiger partial charge >= 0.3 is 15.6 Å². The SMILES string of the molecule is O=P(O)(O)Oc1cc(C2(OCCCOC3(c4ccc(Cl)c(OP(=O)(O)O)c4)OOC34C3CC5CC(C3)CC4C5)OOC23C2CC4CC(C2)CC3C4)ccc1Cl. The number of rotatable bonds is 12. The van der Waals surface area contributed by atoms with E-state index in [1.54, 1.807) is 12.1 Å². The van der Waals surface area contributed by atoms with Crippen molar-refractivity contribution >= 4 is 38.8 Å². The lowest BCUT2D eigenvalue weighted by Crippen LogP contribution is -2.77. The van der Waals surface area contributed by atoms with E-state index < -0.39 is 38.4 Å². The molecule has 55 heavy (non-hydrogen) atoms. The zero-order chi connectivity index (χ0) is 38.2. The van der Waals surface area contributed by atoms with Crippen molar-refractivity contribution in [2.75, 3.05) is 13.2 Å². The van der Waals surface area contributed by atoms with E-state index in [0.717, 1.165) is 51.4 Å². The van der Waals surface area contributed by atoms with E-state index in [1.807, 2.05) is 0 Å². The van der Waals surface area contributed by atoms with Gasteiger partial charge in [0.25, 0.3) is 11.6 Å². The first kappa shape index (κ1) is 37.9. The first-order valence-electron chi connectivity index (χ1n) is 19.2. The maximum absolute atomic E-state index is 11.9. The van der Waals surface area contributed by atoms with Crippen molar-refractivity contribution in [2.45, 2.75) is 93.4 Å². The number of phosphoric ester groups is 2. The van der Waals surface area contributed by atoms with Gasteiger partial charge in [-0.15, -0.1) is 0 Å². The van der Waals surface area contributed by atoms with Gasteiger partial charge in [-0.1, -0.05) is 35.3 Å². The van der Waals surface area contributed by atoms with E-state index in [9.17, 15) is 28.7 Å². The Morgan fingerprint density at radius 2 is 0.909 bits per heavy atom. The Hall–Kier alpha value is -1.32. The lowest BCUT2D eigenvalue weighted by molar-refractivity contribution is -0.650. The van der Waals surface area contributed by atoms with Crippen LogP contribution in [0.5, 0.6) is 11.5 Å². The van der Waals surface area contributed by atoms with Gasteiger partial charge in [0.05, 0.1) is 23.3 Å². The van der Waals surface area contributed by atoms with Crippen LogP contribution in [0.1, 0.15) is 81.8 Å². The Labute approximate surface area is 327 Å². The molecule has 8 aliphatic carbocycles. The molecule has 2 spiro atoms. The van der Waals surface area contributed by atoms with Crippen LogP contribution in [0.15, 0.2) is 36.4 Å². The van der Waals surface area contributed by atoms with Crippen LogP contribution >= 0.6 is 38.8 Å². The molecular formula is C37H44Cl2O14P2. The number of halogens is 2. The summed E-state index contributed by atoms with van der Waals surface area (Å²) in [4.78, 5) is 63.2. The molecule has 2 atom stereocenters. The summed E-state index contributed by atoms with van der Waals surface area (Å²) in [5.41, 5.74) is -0.662. The molecule has 2 aliphatic heterocycles. The van der Waals surface area contributed by atoms with Crippen LogP contribution in [-0.2, 0) is 49.7 Å². The largest absolute Gasteiger partial charge is 0.524 e. The third-order valence-electron chi connectivity index (χ3n) is 14.3. The van der Waals surface area contributed by atoms with E-state index in [1.165, 1.54) is 37.1 Å². The Morgan fingerprint density at radius 1 is 0.564 bits per heavy atom. The standard InChI is InChI=1S/C37H44Cl2O14P2/c38-30-4-2-24(18-32(30)48-54(40,41)42)36(34(50-52-36)26-10-20-8-21(12-26)13-27(34)11-20)46-6-1-7-47-37(25-3-5-31(39)33(19-25)49-55(43,44)45)35(51-53-37)28-14-22-9-23(16-28)17-29(35)15-22/h2-5,18-23,26-29H,1,6-17H2,(H2,40,41,42)(H2,43,44,45). The minimum atomic E-state index is -4.94. The zero-order valence-corrected chi connectivity index (χ0v) is 33.1. The first-order chi connectivity index (χ1) is 26.1. The fourth-order valence-corrected chi connectivity index (χ4v) is 14.1. The summed E-state index contributed by atoms with van der Waals surface area (Å²) < 4.78 is 47.4. The molecule has 2 aromatic carbocycles. The molecule has 2 aromatic rings. The lowest BCUT2D eigenvalue weighted by atomic mass is 9.47. The summed E-state index contributed by atoms with van der Waals surface area (Å²) in [7, 11) is -9.87. The van der Waals surface area contributed by atoms with Crippen LogP contribution in [0.3, 0.4) is 0 Å². The topological polar surface area (TPSA) is 189 Å². The van der Waals surface area contributed by atoms with Crippen LogP contribution in [0.25, 0.3) is 0 Å². The van der Waals surface area contributed by atoms with E-state index in [4.69, 9.17) is 61.3 Å². The highest BCUT2D eigenvalue weighted by Crippen LogP contribution is 2.71. The quantitative estimate of drug-likeness (QED) is 0.0925. The molecule has 2 unspecified atom stereocenters. The number of hydrogen-bond acceptors (Lipinski definition) is 10. The number of phosphoric acid groups is 2. The van der Waals surface area contributed by atoms with Gasteiger partial charge in [-0.2, -0.15) is 9.78 Å². The highest BCUT2D eigenvalue weighted by atomic mass is 35.5. The normalized spacial score (nSPS) is 42.1. The molecule has 10 aliphatic rings. The fourth-order valence-electron chi connectivity index (χ4n) is 12.8. The molecule has 4 N–H and O–H groups in total.